The number of nitrogen functional groups attached to an aromatic ring is 1. The maximum absolute atomic E-state index is 12.4. The van der Waals surface area contributed by atoms with Crippen molar-refractivity contribution in [1.29, 1.82) is 0 Å². The molecule has 0 unspecified atom stereocenters. The summed E-state index contributed by atoms with van der Waals surface area (Å²) in [5.41, 5.74) is 7.10. The van der Waals surface area contributed by atoms with Gasteiger partial charge >= 0.3 is 0 Å². The quantitative estimate of drug-likeness (QED) is 0.589. The van der Waals surface area contributed by atoms with E-state index >= 15 is 0 Å². The van der Waals surface area contributed by atoms with Crippen LogP contribution in [-0.4, -0.2) is 20.9 Å². The Hall–Kier alpha value is -3.74. The van der Waals surface area contributed by atoms with E-state index in [1.165, 1.54) is 6.26 Å². The fourth-order valence-corrected chi connectivity index (χ4v) is 2.62. The highest BCUT2D eigenvalue weighted by atomic mass is 16.3. The zero-order chi connectivity index (χ0) is 17.9. The molecule has 3 aromatic heterocycles. The van der Waals surface area contributed by atoms with Crippen molar-refractivity contribution in [2.24, 2.45) is 0 Å². The number of benzene rings is 1. The van der Waals surface area contributed by atoms with Crippen molar-refractivity contribution < 1.29 is 9.21 Å². The zero-order valence-corrected chi connectivity index (χ0v) is 13.7. The summed E-state index contributed by atoms with van der Waals surface area (Å²) in [6.45, 7) is 0.281. The summed E-state index contributed by atoms with van der Waals surface area (Å²) in [5, 5.41) is 4.92. The molecule has 0 aliphatic heterocycles. The van der Waals surface area contributed by atoms with Gasteiger partial charge in [0, 0.05) is 11.6 Å². The number of nitrogens with two attached hydrogens (primary N) is 1. The lowest BCUT2D eigenvalue weighted by atomic mass is 10.1. The van der Waals surface area contributed by atoms with Gasteiger partial charge in [-0.3, -0.25) is 9.78 Å². The van der Waals surface area contributed by atoms with Crippen LogP contribution in [0.15, 0.2) is 65.4 Å². The first-order valence-electron chi connectivity index (χ1n) is 7.99. The normalized spacial score (nSPS) is 10.8. The molecule has 3 N–H and O–H groups in total. The smallest absolute Gasteiger partial charge is 0.270 e. The molecular formula is C19H15N5O2. The second-order valence-corrected chi connectivity index (χ2v) is 5.68. The van der Waals surface area contributed by atoms with E-state index in [2.05, 4.69) is 20.3 Å². The Balaban J connectivity index is 1.52. The SMILES string of the molecule is Nc1nc(C(=O)NCc2cc3ccccc3cn2)cc(-c2ccco2)n1. The Kier molecular flexibility index (Phi) is 4.03. The lowest BCUT2D eigenvalue weighted by Crippen LogP contribution is -2.25. The molecule has 0 aliphatic carbocycles. The highest BCUT2D eigenvalue weighted by Crippen LogP contribution is 2.19. The molecule has 0 spiro atoms. The fourth-order valence-electron chi connectivity index (χ4n) is 2.62. The Morgan fingerprint density at radius 1 is 1.08 bits per heavy atom. The number of fused-ring (bicyclic) bond motifs is 1. The van der Waals surface area contributed by atoms with E-state index in [0.717, 1.165) is 16.5 Å². The number of carbonyl (C=O) groups excluding carboxylic acids is 1. The number of rotatable bonds is 4. The van der Waals surface area contributed by atoms with Crippen LogP contribution in [0.25, 0.3) is 22.2 Å². The van der Waals surface area contributed by atoms with Gasteiger partial charge in [0.2, 0.25) is 5.95 Å². The van der Waals surface area contributed by atoms with Crippen LogP contribution in [0.2, 0.25) is 0 Å². The summed E-state index contributed by atoms with van der Waals surface area (Å²) < 4.78 is 5.29. The molecule has 0 fully saturated rings. The van der Waals surface area contributed by atoms with Crippen molar-refractivity contribution in [3.63, 3.8) is 0 Å². The van der Waals surface area contributed by atoms with E-state index in [9.17, 15) is 4.79 Å². The van der Waals surface area contributed by atoms with Crippen LogP contribution in [0.5, 0.6) is 0 Å². The molecule has 3 heterocycles. The van der Waals surface area contributed by atoms with Crippen LogP contribution in [-0.2, 0) is 6.54 Å². The Bertz CT molecular complexity index is 1080. The number of carbonyl (C=O) groups is 1. The van der Waals surface area contributed by atoms with Crippen molar-refractivity contribution in [2.75, 3.05) is 5.73 Å². The van der Waals surface area contributed by atoms with Crippen LogP contribution in [0.1, 0.15) is 16.2 Å². The minimum Gasteiger partial charge on any atom is -0.463 e. The average Bonchev–Trinajstić information content (AvgIpc) is 3.20. The number of hydrogen-bond donors (Lipinski definition) is 2. The molecule has 128 valence electrons. The summed E-state index contributed by atoms with van der Waals surface area (Å²) in [6, 6.07) is 14.9. The van der Waals surface area contributed by atoms with Gasteiger partial charge in [-0.15, -0.1) is 0 Å². The topological polar surface area (TPSA) is 107 Å². The van der Waals surface area contributed by atoms with E-state index in [4.69, 9.17) is 10.2 Å². The average molecular weight is 345 g/mol. The Morgan fingerprint density at radius 2 is 1.92 bits per heavy atom. The van der Waals surface area contributed by atoms with Crippen molar-refractivity contribution in [1.82, 2.24) is 20.3 Å². The summed E-state index contributed by atoms with van der Waals surface area (Å²) in [5.74, 6) is 0.166. The van der Waals surface area contributed by atoms with Gasteiger partial charge in [0.05, 0.1) is 18.5 Å². The number of amides is 1. The van der Waals surface area contributed by atoms with Gasteiger partial charge in [0.25, 0.3) is 5.91 Å². The minimum atomic E-state index is -0.359. The van der Waals surface area contributed by atoms with Gasteiger partial charge in [0.1, 0.15) is 11.4 Å². The zero-order valence-electron chi connectivity index (χ0n) is 13.7. The number of anilines is 1. The third-order valence-corrected chi connectivity index (χ3v) is 3.87. The Labute approximate surface area is 148 Å². The minimum absolute atomic E-state index is 0.00730. The maximum atomic E-state index is 12.4. The molecule has 0 atom stereocenters. The van der Waals surface area contributed by atoms with Crippen molar-refractivity contribution >= 4 is 22.6 Å². The summed E-state index contributed by atoms with van der Waals surface area (Å²) >= 11 is 0. The molecule has 0 saturated heterocycles. The number of nitrogens with zero attached hydrogens (tertiary/aromatic N) is 3. The van der Waals surface area contributed by atoms with Crippen molar-refractivity contribution in [3.05, 3.63) is 72.4 Å². The van der Waals surface area contributed by atoms with Crippen LogP contribution >= 0.6 is 0 Å². The molecule has 1 aromatic carbocycles. The highest BCUT2D eigenvalue weighted by Gasteiger charge is 2.13. The van der Waals surface area contributed by atoms with Gasteiger partial charge in [-0.2, -0.15) is 0 Å². The Morgan fingerprint density at radius 3 is 2.73 bits per heavy atom. The molecule has 0 aliphatic rings. The molecule has 7 nitrogen and oxygen atoms in total. The molecule has 4 aromatic rings. The molecule has 4 rings (SSSR count). The monoisotopic (exact) mass is 345 g/mol. The third-order valence-electron chi connectivity index (χ3n) is 3.87. The van der Waals surface area contributed by atoms with Gasteiger partial charge in [-0.05, 0) is 29.7 Å². The summed E-state index contributed by atoms with van der Waals surface area (Å²) in [6.07, 6.45) is 3.31. The number of pyridine rings is 1. The van der Waals surface area contributed by atoms with Gasteiger partial charge < -0.3 is 15.5 Å². The van der Waals surface area contributed by atoms with E-state index in [1.807, 2.05) is 30.3 Å². The van der Waals surface area contributed by atoms with Crippen LogP contribution in [0.4, 0.5) is 5.95 Å². The van der Waals surface area contributed by atoms with E-state index in [-0.39, 0.29) is 24.1 Å². The van der Waals surface area contributed by atoms with Crippen LogP contribution in [0.3, 0.4) is 0 Å². The molecule has 7 heteroatoms. The second kappa shape index (κ2) is 6.64. The number of hydrogen-bond acceptors (Lipinski definition) is 6. The first-order chi connectivity index (χ1) is 12.7. The molecule has 0 saturated carbocycles. The van der Waals surface area contributed by atoms with E-state index in [1.54, 1.807) is 24.4 Å². The lowest BCUT2D eigenvalue weighted by Gasteiger charge is -2.07. The molecule has 1 amide bonds. The van der Waals surface area contributed by atoms with Gasteiger partial charge in [-0.1, -0.05) is 24.3 Å². The van der Waals surface area contributed by atoms with Crippen LogP contribution < -0.4 is 11.1 Å². The summed E-state index contributed by atoms with van der Waals surface area (Å²) in [7, 11) is 0. The highest BCUT2D eigenvalue weighted by molar-refractivity contribution is 5.93. The largest absolute Gasteiger partial charge is 0.463 e. The van der Waals surface area contributed by atoms with Crippen LogP contribution in [0, 0.1) is 0 Å². The van der Waals surface area contributed by atoms with E-state index < -0.39 is 0 Å². The van der Waals surface area contributed by atoms with Crippen molar-refractivity contribution in [2.45, 2.75) is 6.54 Å². The third kappa shape index (κ3) is 3.23. The lowest BCUT2D eigenvalue weighted by molar-refractivity contribution is 0.0945. The number of furan rings is 1. The first-order valence-corrected chi connectivity index (χ1v) is 7.99. The molecule has 0 bridgehead atoms. The standard InChI is InChI=1S/C19H15N5O2/c20-19-23-15(17-6-3-7-26-17)9-16(24-19)18(25)22-11-14-8-12-4-1-2-5-13(12)10-21-14/h1-10H,11H2,(H,22,25)(H2,20,23,24). The first kappa shape index (κ1) is 15.8. The van der Waals surface area contributed by atoms with Gasteiger partial charge in [-0.25, -0.2) is 9.97 Å². The predicted molar refractivity (Wildman–Crippen MR) is 97.1 cm³/mol. The number of aromatic nitrogens is 3. The van der Waals surface area contributed by atoms with Crippen molar-refractivity contribution in [3.8, 4) is 11.5 Å². The number of nitrogens with one attached hydrogen (secondary N) is 1. The maximum Gasteiger partial charge on any atom is 0.270 e. The van der Waals surface area contributed by atoms with Gasteiger partial charge in [0.15, 0.2) is 5.76 Å². The predicted octanol–water partition coefficient (Wildman–Crippen LogP) is 2.80. The molecular weight excluding hydrogens is 330 g/mol. The molecule has 0 radical (unpaired) electrons. The second-order valence-electron chi connectivity index (χ2n) is 5.68. The van der Waals surface area contributed by atoms with E-state index in [0.29, 0.717) is 11.5 Å². The molecule has 26 heavy (non-hydrogen) atoms. The fraction of sp³-hybridized carbons (Fsp3) is 0.0526. The summed E-state index contributed by atoms with van der Waals surface area (Å²) in [4.78, 5) is 24.9.